The van der Waals surface area contributed by atoms with E-state index in [9.17, 15) is 0 Å². The van der Waals surface area contributed by atoms with E-state index in [1.54, 1.807) is 5.57 Å². The molecule has 1 heteroatoms. The number of hydrogen-bond acceptors (Lipinski definition) is 1. The molecule has 0 bridgehead atoms. The molecule has 3 fully saturated rings. The summed E-state index contributed by atoms with van der Waals surface area (Å²) in [6.07, 6.45) is 18.5. The topological polar surface area (TPSA) is 9.23 Å². The quantitative estimate of drug-likeness (QED) is 0.396. The second kappa shape index (κ2) is 8.24. The van der Waals surface area contributed by atoms with Crippen LogP contribution in [0.4, 0.5) is 0 Å². The second-order valence-electron chi connectivity index (χ2n) is 13.1. The van der Waals surface area contributed by atoms with Gasteiger partial charge in [0.05, 0.1) is 6.10 Å². The summed E-state index contributed by atoms with van der Waals surface area (Å²) in [4.78, 5) is 0. The van der Waals surface area contributed by atoms with Crippen molar-refractivity contribution < 1.29 is 4.74 Å². The van der Waals surface area contributed by atoms with Gasteiger partial charge in [-0.05, 0) is 97.2 Å². The molecule has 4 aliphatic carbocycles. The normalized spacial score (nSPS) is 46.7. The molecule has 30 heavy (non-hydrogen) atoms. The summed E-state index contributed by atoms with van der Waals surface area (Å²) in [5.41, 5.74) is 3.28. The van der Waals surface area contributed by atoms with Gasteiger partial charge in [-0.1, -0.05) is 72.5 Å². The first-order valence-electron chi connectivity index (χ1n) is 13.4. The molecule has 8 atom stereocenters. The molecular weight excluding hydrogens is 364 g/mol. The SMILES string of the molecule is COC1CC[C@@]2(C)C(=CC[C@@]3(C)[C@@H]4CC[C@H]([C@H](C)CCCC(C)C)[C@@]4(C)CC[C@@H]32)C1. The van der Waals surface area contributed by atoms with Gasteiger partial charge in [-0.25, -0.2) is 0 Å². The first-order valence-corrected chi connectivity index (χ1v) is 13.4. The van der Waals surface area contributed by atoms with Crippen LogP contribution < -0.4 is 0 Å². The Morgan fingerprint density at radius 3 is 2.40 bits per heavy atom. The van der Waals surface area contributed by atoms with Gasteiger partial charge < -0.3 is 4.74 Å². The molecule has 4 aliphatic rings. The van der Waals surface area contributed by atoms with E-state index in [1.807, 2.05) is 7.11 Å². The largest absolute Gasteiger partial charge is 0.381 e. The van der Waals surface area contributed by atoms with Crippen molar-refractivity contribution in [2.24, 2.45) is 45.8 Å². The smallest absolute Gasteiger partial charge is 0.0608 e. The second-order valence-corrected chi connectivity index (χ2v) is 13.1. The lowest BCUT2D eigenvalue weighted by molar-refractivity contribution is -0.115. The van der Waals surface area contributed by atoms with Gasteiger partial charge in [0.2, 0.25) is 0 Å². The van der Waals surface area contributed by atoms with E-state index in [-0.39, 0.29) is 0 Å². The number of rotatable bonds is 6. The third kappa shape index (κ3) is 3.54. The van der Waals surface area contributed by atoms with Crippen LogP contribution in [0.15, 0.2) is 11.6 Å². The molecule has 1 unspecified atom stereocenters. The Balaban J connectivity index is 1.54. The van der Waals surface area contributed by atoms with Crippen LogP contribution in [-0.4, -0.2) is 13.2 Å². The van der Waals surface area contributed by atoms with Crippen molar-refractivity contribution in [1.82, 2.24) is 0 Å². The molecule has 0 saturated heterocycles. The van der Waals surface area contributed by atoms with E-state index in [4.69, 9.17) is 4.74 Å². The fourth-order valence-corrected chi connectivity index (χ4v) is 9.51. The minimum atomic E-state index is 0.435. The summed E-state index contributed by atoms with van der Waals surface area (Å²) in [7, 11) is 1.91. The maximum absolute atomic E-state index is 5.78. The molecule has 0 spiro atoms. The van der Waals surface area contributed by atoms with E-state index in [2.05, 4.69) is 47.6 Å². The number of allylic oxidation sites excluding steroid dienone is 1. The highest BCUT2D eigenvalue weighted by molar-refractivity contribution is 5.28. The number of ether oxygens (including phenoxy) is 1. The fourth-order valence-electron chi connectivity index (χ4n) is 9.51. The van der Waals surface area contributed by atoms with Crippen molar-refractivity contribution in [1.29, 1.82) is 0 Å². The molecule has 0 aromatic heterocycles. The Morgan fingerprint density at radius 1 is 0.933 bits per heavy atom. The Kier molecular flexibility index (Phi) is 6.28. The average molecular weight is 415 g/mol. The zero-order valence-corrected chi connectivity index (χ0v) is 21.2. The van der Waals surface area contributed by atoms with Crippen molar-refractivity contribution in [3.63, 3.8) is 0 Å². The molecule has 1 nitrogen and oxygen atoms in total. The lowest BCUT2D eigenvalue weighted by atomic mass is 9.41. The van der Waals surface area contributed by atoms with Crippen LogP contribution in [-0.2, 0) is 4.74 Å². The van der Waals surface area contributed by atoms with Crippen molar-refractivity contribution in [2.45, 2.75) is 118 Å². The minimum Gasteiger partial charge on any atom is -0.381 e. The summed E-state index contributed by atoms with van der Waals surface area (Å²) < 4.78 is 5.78. The van der Waals surface area contributed by atoms with Gasteiger partial charge in [0, 0.05) is 7.11 Å². The van der Waals surface area contributed by atoms with Crippen molar-refractivity contribution in [3.05, 3.63) is 11.6 Å². The van der Waals surface area contributed by atoms with Crippen molar-refractivity contribution in [2.75, 3.05) is 7.11 Å². The van der Waals surface area contributed by atoms with E-state index in [0.29, 0.717) is 22.3 Å². The van der Waals surface area contributed by atoms with Crippen molar-refractivity contribution in [3.8, 4) is 0 Å². The Morgan fingerprint density at radius 2 is 1.70 bits per heavy atom. The Labute approximate surface area is 187 Å². The van der Waals surface area contributed by atoms with Crippen LogP contribution >= 0.6 is 0 Å². The predicted octanol–water partition coefficient (Wildman–Crippen LogP) is 8.43. The molecule has 172 valence electrons. The van der Waals surface area contributed by atoms with Gasteiger partial charge in [0.15, 0.2) is 0 Å². The number of methoxy groups -OCH3 is 1. The van der Waals surface area contributed by atoms with Gasteiger partial charge in [-0.15, -0.1) is 0 Å². The van der Waals surface area contributed by atoms with Gasteiger partial charge in [-0.3, -0.25) is 0 Å². The van der Waals surface area contributed by atoms with E-state index >= 15 is 0 Å². The van der Waals surface area contributed by atoms with Crippen molar-refractivity contribution >= 4 is 0 Å². The number of hydrogen-bond donors (Lipinski definition) is 0. The Hall–Kier alpha value is -0.300. The molecule has 0 N–H and O–H groups in total. The highest BCUT2D eigenvalue weighted by Gasteiger charge is 2.63. The molecule has 0 amide bonds. The number of fused-ring (bicyclic) bond motifs is 5. The van der Waals surface area contributed by atoms with Gasteiger partial charge in [0.25, 0.3) is 0 Å². The zero-order chi connectivity index (χ0) is 21.7. The zero-order valence-electron chi connectivity index (χ0n) is 21.2. The standard InChI is InChI=1S/C29H50O/c1-20(2)9-8-10-21(3)24-11-12-25-28(24,5)18-15-26-27(4)17-14-23(30-7)19-22(27)13-16-29(25,26)6/h13,20-21,23-26H,8-12,14-19H2,1-7H3/t21-,23?,24-,25-,26-,27+,28-,29+/m1/s1. The Bertz CT molecular complexity index is 649. The summed E-state index contributed by atoms with van der Waals surface area (Å²) in [6, 6.07) is 0. The van der Waals surface area contributed by atoms with Crippen LogP contribution in [0, 0.1) is 45.8 Å². The van der Waals surface area contributed by atoms with E-state index < -0.39 is 0 Å². The van der Waals surface area contributed by atoms with E-state index in [1.165, 1.54) is 70.6 Å². The first kappa shape index (κ1) is 22.9. The van der Waals surface area contributed by atoms with Gasteiger partial charge in [0.1, 0.15) is 0 Å². The first-order chi connectivity index (χ1) is 14.1. The van der Waals surface area contributed by atoms with Crippen LogP contribution in [0.25, 0.3) is 0 Å². The third-order valence-corrected chi connectivity index (χ3v) is 11.2. The van der Waals surface area contributed by atoms with Crippen LogP contribution in [0.1, 0.15) is 112 Å². The summed E-state index contributed by atoms with van der Waals surface area (Å²) in [5, 5.41) is 0. The molecule has 0 heterocycles. The summed E-state index contributed by atoms with van der Waals surface area (Å²) >= 11 is 0. The average Bonchev–Trinajstić information content (AvgIpc) is 3.05. The van der Waals surface area contributed by atoms with Gasteiger partial charge >= 0.3 is 0 Å². The third-order valence-electron chi connectivity index (χ3n) is 11.2. The lowest BCUT2D eigenvalue weighted by Gasteiger charge is -2.63. The molecule has 0 radical (unpaired) electrons. The fraction of sp³-hybridized carbons (Fsp3) is 0.931. The summed E-state index contributed by atoms with van der Waals surface area (Å²) in [6.45, 7) is 15.4. The monoisotopic (exact) mass is 414 g/mol. The molecule has 0 aromatic carbocycles. The van der Waals surface area contributed by atoms with Crippen LogP contribution in [0.2, 0.25) is 0 Å². The van der Waals surface area contributed by atoms with E-state index in [0.717, 1.165) is 29.6 Å². The van der Waals surface area contributed by atoms with Crippen LogP contribution in [0.3, 0.4) is 0 Å². The predicted molar refractivity (Wildman–Crippen MR) is 128 cm³/mol. The highest BCUT2D eigenvalue weighted by atomic mass is 16.5. The van der Waals surface area contributed by atoms with Gasteiger partial charge in [-0.2, -0.15) is 0 Å². The lowest BCUT2D eigenvalue weighted by Crippen LogP contribution is -2.56. The summed E-state index contributed by atoms with van der Waals surface area (Å²) in [5.74, 6) is 4.53. The highest BCUT2D eigenvalue weighted by Crippen LogP contribution is 2.72. The maximum atomic E-state index is 5.78. The molecule has 3 saturated carbocycles. The molecule has 0 aliphatic heterocycles. The molecule has 4 rings (SSSR count). The van der Waals surface area contributed by atoms with Crippen LogP contribution in [0.5, 0.6) is 0 Å². The minimum absolute atomic E-state index is 0.435. The molecule has 0 aromatic rings. The maximum Gasteiger partial charge on any atom is 0.0608 e. The molecular formula is C29H50O.